The molecule has 0 unspecified atom stereocenters. The molecule has 0 heterocycles. The van der Waals surface area contributed by atoms with Gasteiger partial charge in [-0.25, -0.2) is 10.3 Å². The average Bonchev–Trinajstić information content (AvgIpc) is 2.35. The molecule has 0 amide bonds. The third kappa shape index (κ3) is 3.97. The molecule has 0 aliphatic heterocycles. The summed E-state index contributed by atoms with van der Waals surface area (Å²) >= 11 is 0. The first-order chi connectivity index (χ1) is 8.56. The normalized spacial score (nSPS) is 9.50. The number of carbonyl (C=O) groups is 2. The molecule has 0 bridgehead atoms. The number of hydrogen-bond acceptors (Lipinski definition) is 6. The topological polar surface area (TPSA) is 73.9 Å². The Labute approximate surface area is 105 Å². The van der Waals surface area contributed by atoms with Gasteiger partial charge >= 0.3 is 5.97 Å². The van der Waals surface area contributed by atoms with Crippen LogP contribution in [0, 0.1) is 0 Å². The minimum absolute atomic E-state index is 0.261. The molecular formula is C12H15NO5. The van der Waals surface area contributed by atoms with Gasteiger partial charge < -0.3 is 14.3 Å². The summed E-state index contributed by atoms with van der Waals surface area (Å²) in [6, 6.07) is 4.96. The van der Waals surface area contributed by atoms with E-state index in [4.69, 9.17) is 14.3 Å². The lowest BCUT2D eigenvalue weighted by Crippen LogP contribution is -2.13. The van der Waals surface area contributed by atoms with Crippen LogP contribution in [0.2, 0.25) is 0 Å². The van der Waals surface area contributed by atoms with Gasteiger partial charge in [0.05, 0.1) is 14.2 Å². The molecule has 1 rings (SSSR count). The van der Waals surface area contributed by atoms with E-state index in [1.807, 2.05) is 0 Å². The van der Waals surface area contributed by atoms with Crippen LogP contribution in [-0.2, 0) is 14.4 Å². The van der Waals surface area contributed by atoms with Gasteiger partial charge in [-0.3, -0.25) is 4.79 Å². The second-order valence-corrected chi connectivity index (χ2v) is 3.52. The molecule has 0 fully saturated rings. The van der Waals surface area contributed by atoms with Gasteiger partial charge in [-0.15, -0.1) is 0 Å². The molecule has 0 aliphatic rings. The number of hydrogen-bond donors (Lipinski definition) is 1. The van der Waals surface area contributed by atoms with E-state index in [1.165, 1.54) is 21.1 Å². The van der Waals surface area contributed by atoms with Gasteiger partial charge in [0.15, 0.2) is 0 Å². The van der Waals surface area contributed by atoms with E-state index in [1.54, 1.807) is 18.2 Å². The van der Waals surface area contributed by atoms with Gasteiger partial charge in [0, 0.05) is 6.07 Å². The van der Waals surface area contributed by atoms with Crippen LogP contribution in [0.4, 0.5) is 5.69 Å². The molecule has 1 aromatic carbocycles. The number of ether oxygens (including phenoxy) is 2. The number of rotatable bonds is 6. The summed E-state index contributed by atoms with van der Waals surface area (Å²) in [5.74, 6) is 0.168. The van der Waals surface area contributed by atoms with Crippen molar-refractivity contribution in [2.24, 2.45) is 0 Å². The van der Waals surface area contributed by atoms with Crippen LogP contribution in [0.3, 0.4) is 0 Å². The number of ketones is 1. The number of nitrogens with one attached hydrogen (secondary N) is 1. The standard InChI is InChI=1S/C12H15NO5/c1-8(14)6-12(15)18-13-10-5-4-9(16-2)7-11(10)17-3/h4-5,7,13H,6H2,1-3H3. The number of benzene rings is 1. The molecule has 0 atom stereocenters. The summed E-state index contributed by atoms with van der Waals surface area (Å²) in [6.45, 7) is 1.31. The third-order valence-corrected chi connectivity index (χ3v) is 2.08. The van der Waals surface area contributed by atoms with E-state index in [-0.39, 0.29) is 12.2 Å². The highest BCUT2D eigenvalue weighted by atomic mass is 16.7. The van der Waals surface area contributed by atoms with Gasteiger partial charge in [0.1, 0.15) is 29.4 Å². The Kier molecular flexibility index (Phi) is 4.98. The van der Waals surface area contributed by atoms with Gasteiger partial charge in [0.2, 0.25) is 0 Å². The van der Waals surface area contributed by atoms with E-state index in [9.17, 15) is 9.59 Å². The summed E-state index contributed by atoms with van der Waals surface area (Å²) in [6.07, 6.45) is -0.272. The van der Waals surface area contributed by atoms with Crippen LogP contribution in [-0.4, -0.2) is 26.0 Å². The highest BCUT2D eigenvalue weighted by Gasteiger charge is 2.09. The fourth-order valence-corrected chi connectivity index (χ4v) is 1.23. The molecule has 6 heteroatoms. The molecular weight excluding hydrogens is 238 g/mol. The Bertz CT molecular complexity index is 444. The Balaban J connectivity index is 2.67. The van der Waals surface area contributed by atoms with Crippen molar-refractivity contribution in [2.45, 2.75) is 13.3 Å². The van der Waals surface area contributed by atoms with E-state index in [0.29, 0.717) is 17.2 Å². The molecule has 0 aliphatic carbocycles. The van der Waals surface area contributed by atoms with Crippen molar-refractivity contribution < 1.29 is 23.9 Å². The van der Waals surface area contributed by atoms with Crippen LogP contribution in [0.5, 0.6) is 11.5 Å². The third-order valence-electron chi connectivity index (χ3n) is 2.08. The summed E-state index contributed by atoms with van der Waals surface area (Å²) in [4.78, 5) is 26.6. The highest BCUT2D eigenvalue weighted by molar-refractivity contribution is 5.94. The van der Waals surface area contributed by atoms with Crippen LogP contribution in [0.25, 0.3) is 0 Å². The molecule has 98 valence electrons. The first-order valence-corrected chi connectivity index (χ1v) is 5.24. The predicted molar refractivity (Wildman–Crippen MR) is 64.6 cm³/mol. The number of methoxy groups -OCH3 is 2. The Morgan fingerprint density at radius 1 is 1.22 bits per heavy atom. The van der Waals surface area contributed by atoms with E-state index >= 15 is 0 Å². The van der Waals surface area contributed by atoms with Crippen LogP contribution in [0.15, 0.2) is 18.2 Å². The molecule has 18 heavy (non-hydrogen) atoms. The largest absolute Gasteiger partial charge is 0.497 e. The zero-order valence-corrected chi connectivity index (χ0v) is 10.5. The lowest BCUT2D eigenvalue weighted by Gasteiger charge is -2.11. The minimum atomic E-state index is -0.652. The van der Waals surface area contributed by atoms with Crippen molar-refractivity contribution in [3.8, 4) is 11.5 Å². The monoisotopic (exact) mass is 253 g/mol. The molecule has 0 spiro atoms. The number of anilines is 1. The van der Waals surface area contributed by atoms with Crippen LogP contribution in [0.1, 0.15) is 13.3 Å². The molecule has 6 nitrogen and oxygen atoms in total. The van der Waals surface area contributed by atoms with Gasteiger partial charge in [-0.1, -0.05) is 0 Å². The number of Topliss-reactive ketones (excluding diaryl/α,β-unsaturated/α-hetero) is 1. The maximum atomic E-state index is 11.2. The summed E-state index contributed by atoms with van der Waals surface area (Å²) < 4.78 is 10.1. The zero-order chi connectivity index (χ0) is 13.5. The van der Waals surface area contributed by atoms with Crippen LogP contribution >= 0.6 is 0 Å². The average molecular weight is 253 g/mol. The first-order valence-electron chi connectivity index (χ1n) is 5.24. The Morgan fingerprint density at radius 2 is 1.94 bits per heavy atom. The molecule has 0 saturated carbocycles. The summed E-state index contributed by atoms with van der Waals surface area (Å²) in [5.41, 5.74) is 2.91. The molecule has 1 aromatic rings. The maximum Gasteiger partial charge on any atom is 0.339 e. The van der Waals surface area contributed by atoms with Crippen LogP contribution < -0.4 is 15.0 Å². The zero-order valence-electron chi connectivity index (χ0n) is 10.5. The Morgan fingerprint density at radius 3 is 2.50 bits per heavy atom. The van der Waals surface area contributed by atoms with Crippen molar-refractivity contribution in [1.82, 2.24) is 0 Å². The minimum Gasteiger partial charge on any atom is -0.497 e. The van der Waals surface area contributed by atoms with Gasteiger partial charge in [-0.05, 0) is 19.1 Å². The van der Waals surface area contributed by atoms with E-state index in [2.05, 4.69) is 5.48 Å². The van der Waals surface area contributed by atoms with Crippen molar-refractivity contribution >= 4 is 17.4 Å². The summed E-state index contributed by atoms with van der Waals surface area (Å²) in [7, 11) is 3.02. The smallest absolute Gasteiger partial charge is 0.339 e. The predicted octanol–water partition coefficient (Wildman–Crippen LogP) is 1.55. The quantitative estimate of drug-likeness (QED) is 0.612. The fraction of sp³-hybridized carbons (Fsp3) is 0.333. The lowest BCUT2D eigenvalue weighted by atomic mass is 10.3. The molecule has 1 N–H and O–H groups in total. The molecule has 0 saturated heterocycles. The van der Waals surface area contributed by atoms with Gasteiger partial charge in [-0.2, -0.15) is 0 Å². The van der Waals surface area contributed by atoms with Crippen molar-refractivity contribution in [2.75, 3.05) is 19.7 Å². The second kappa shape index (κ2) is 6.48. The molecule has 0 radical (unpaired) electrons. The fourth-order valence-electron chi connectivity index (χ4n) is 1.23. The SMILES string of the molecule is COc1ccc(NOC(=O)CC(C)=O)c(OC)c1. The van der Waals surface area contributed by atoms with E-state index < -0.39 is 5.97 Å². The van der Waals surface area contributed by atoms with Crippen molar-refractivity contribution in [1.29, 1.82) is 0 Å². The van der Waals surface area contributed by atoms with Gasteiger partial charge in [0.25, 0.3) is 0 Å². The highest BCUT2D eigenvalue weighted by Crippen LogP contribution is 2.28. The molecule has 0 aromatic heterocycles. The Hall–Kier alpha value is -2.24. The maximum absolute atomic E-state index is 11.2. The summed E-state index contributed by atoms with van der Waals surface area (Å²) in [5, 5.41) is 0. The lowest BCUT2D eigenvalue weighted by molar-refractivity contribution is -0.143. The van der Waals surface area contributed by atoms with Crippen molar-refractivity contribution in [3.63, 3.8) is 0 Å². The van der Waals surface area contributed by atoms with Crippen molar-refractivity contribution in [3.05, 3.63) is 18.2 Å². The first kappa shape index (κ1) is 13.8. The second-order valence-electron chi connectivity index (χ2n) is 3.52. The van der Waals surface area contributed by atoms with E-state index in [0.717, 1.165) is 0 Å². The number of carbonyl (C=O) groups excluding carboxylic acids is 2.